The molecule has 0 saturated carbocycles. The monoisotopic (exact) mass is 288 g/mol. The molecule has 7 heteroatoms. The molecule has 0 spiro atoms. The van der Waals surface area contributed by atoms with Crippen LogP contribution in [0.3, 0.4) is 0 Å². The Morgan fingerprint density at radius 1 is 1.47 bits per heavy atom. The first-order chi connectivity index (χ1) is 7.06. The van der Waals surface area contributed by atoms with Gasteiger partial charge in [-0.2, -0.15) is 0 Å². The summed E-state index contributed by atoms with van der Waals surface area (Å²) in [6.45, 7) is 4.92. The third kappa shape index (κ3) is 5.40. The topological polar surface area (TPSA) is 53.0 Å². The van der Waals surface area contributed by atoms with Gasteiger partial charge in [-0.05, 0) is 14.0 Å². The van der Waals surface area contributed by atoms with Crippen molar-refractivity contribution in [3.63, 3.8) is 0 Å². The molecule has 1 unspecified atom stereocenters. The molecule has 17 heavy (non-hydrogen) atoms. The lowest BCUT2D eigenvalue weighted by Crippen LogP contribution is -2.57. The van der Waals surface area contributed by atoms with Crippen molar-refractivity contribution >= 4 is 30.8 Å². The number of hydrogen-bond donors (Lipinski definition) is 1. The quantitative estimate of drug-likeness (QED) is 0.820. The van der Waals surface area contributed by atoms with Gasteiger partial charge < -0.3 is 14.7 Å². The Morgan fingerprint density at radius 2 is 2.06 bits per heavy atom. The number of carboxylic acid groups (broad SMARTS) is 1. The Labute approximate surface area is 115 Å². The van der Waals surface area contributed by atoms with Crippen LogP contribution in [0.1, 0.15) is 6.92 Å². The summed E-state index contributed by atoms with van der Waals surface area (Å²) < 4.78 is 4.96. The van der Waals surface area contributed by atoms with Gasteiger partial charge in [0.15, 0.2) is 0 Å². The maximum atomic E-state index is 11.1. The average molecular weight is 289 g/mol. The minimum Gasteiger partial charge on any atom is -0.480 e. The maximum absolute atomic E-state index is 11.1. The number of nitrogens with zero attached hydrogens (tertiary/aromatic N) is 2. The van der Waals surface area contributed by atoms with Crippen molar-refractivity contribution in [1.82, 2.24) is 9.80 Å². The van der Waals surface area contributed by atoms with E-state index in [0.29, 0.717) is 0 Å². The van der Waals surface area contributed by atoms with Crippen molar-refractivity contribution in [3.8, 4) is 0 Å². The highest BCUT2D eigenvalue weighted by Crippen LogP contribution is 2.12. The number of hydrogen-bond acceptors (Lipinski definition) is 4. The number of likely N-dealkylation sites (N-methyl/N-ethyl adjacent to an activating group) is 1. The summed E-state index contributed by atoms with van der Waals surface area (Å²) in [5, 5.41) is 9.11. The van der Waals surface area contributed by atoms with Gasteiger partial charge >= 0.3 is 5.97 Å². The standard InChI is InChI=1S/C10H20N2O3.2ClH/c1-8-6-11(2)4-5-12(8)9(7-15-3)10(13)14;;/h8-9H,4-7H2,1-3H3,(H,13,14);2*1H/t8-,9?;;/m1../s1. The molecule has 1 aliphatic rings. The molecule has 104 valence electrons. The minimum absolute atomic E-state index is 0. The van der Waals surface area contributed by atoms with Gasteiger partial charge in [0, 0.05) is 32.8 Å². The number of ether oxygens (including phenoxy) is 1. The first-order valence-corrected chi connectivity index (χ1v) is 5.22. The molecule has 0 amide bonds. The first kappa shape index (κ1) is 19.3. The fourth-order valence-corrected chi connectivity index (χ4v) is 2.08. The molecule has 0 aliphatic carbocycles. The van der Waals surface area contributed by atoms with Crippen molar-refractivity contribution in [2.45, 2.75) is 19.0 Å². The number of halogens is 2. The molecule has 0 aromatic carbocycles. The Balaban J connectivity index is 0. The normalized spacial score (nSPS) is 23.4. The summed E-state index contributed by atoms with van der Waals surface area (Å²) in [7, 11) is 3.59. The van der Waals surface area contributed by atoms with E-state index < -0.39 is 12.0 Å². The SMILES string of the molecule is COCC(C(=O)O)N1CCN(C)C[C@H]1C.Cl.Cl. The number of carboxylic acids is 1. The first-order valence-electron chi connectivity index (χ1n) is 5.22. The molecule has 5 nitrogen and oxygen atoms in total. The van der Waals surface area contributed by atoms with Crippen molar-refractivity contribution < 1.29 is 14.6 Å². The molecule has 2 atom stereocenters. The second-order valence-corrected chi connectivity index (χ2v) is 4.16. The summed E-state index contributed by atoms with van der Waals surface area (Å²) >= 11 is 0. The van der Waals surface area contributed by atoms with Gasteiger partial charge in [0.2, 0.25) is 0 Å². The largest absolute Gasteiger partial charge is 0.480 e. The lowest BCUT2D eigenvalue weighted by molar-refractivity contribution is -0.147. The molecule has 1 fully saturated rings. The van der Waals surface area contributed by atoms with E-state index in [1.54, 1.807) is 0 Å². The molecule has 0 radical (unpaired) electrons. The Kier molecular flexibility index (Phi) is 10.1. The van der Waals surface area contributed by atoms with E-state index in [-0.39, 0.29) is 37.5 Å². The fourth-order valence-electron chi connectivity index (χ4n) is 2.08. The third-order valence-electron chi connectivity index (χ3n) is 2.89. The molecule has 0 aromatic rings. The molecular weight excluding hydrogens is 267 g/mol. The molecule has 1 heterocycles. The van der Waals surface area contributed by atoms with E-state index in [1.165, 1.54) is 7.11 Å². The van der Waals surface area contributed by atoms with Crippen molar-refractivity contribution in [3.05, 3.63) is 0 Å². The summed E-state index contributed by atoms with van der Waals surface area (Å²) in [4.78, 5) is 15.3. The van der Waals surface area contributed by atoms with Crippen molar-refractivity contribution in [1.29, 1.82) is 0 Å². The summed E-state index contributed by atoms with van der Waals surface area (Å²) in [5.41, 5.74) is 0. The highest BCUT2D eigenvalue weighted by molar-refractivity contribution is 5.85. The van der Waals surface area contributed by atoms with Gasteiger partial charge in [-0.3, -0.25) is 9.69 Å². The number of aliphatic carboxylic acids is 1. The maximum Gasteiger partial charge on any atom is 0.323 e. The average Bonchev–Trinajstić information content (AvgIpc) is 2.15. The van der Waals surface area contributed by atoms with Crippen LogP contribution in [0.15, 0.2) is 0 Å². The van der Waals surface area contributed by atoms with Crippen LogP contribution in [-0.2, 0) is 9.53 Å². The van der Waals surface area contributed by atoms with Gasteiger partial charge in [0.25, 0.3) is 0 Å². The summed E-state index contributed by atoms with van der Waals surface area (Å²) in [6, 6.07) is -0.251. The van der Waals surface area contributed by atoms with Crippen LogP contribution in [0.2, 0.25) is 0 Å². The van der Waals surface area contributed by atoms with E-state index in [9.17, 15) is 4.79 Å². The predicted octanol–water partition coefficient (Wildman–Crippen LogP) is 0.565. The number of piperazine rings is 1. The van der Waals surface area contributed by atoms with Crippen molar-refractivity contribution in [2.24, 2.45) is 0 Å². The zero-order valence-electron chi connectivity index (χ0n) is 10.5. The summed E-state index contributed by atoms with van der Waals surface area (Å²) in [6.07, 6.45) is 0. The molecule has 0 aromatic heterocycles. The van der Waals surface area contributed by atoms with Gasteiger partial charge in [-0.15, -0.1) is 24.8 Å². The molecule has 1 N–H and O–H groups in total. The Hall–Kier alpha value is -0.0700. The van der Waals surface area contributed by atoms with Gasteiger partial charge in [0.05, 0.1) is 6.61 Å². The number of methoxy groups -OCH3 is 1. The molecular formula is C10H22Cl2N2O3. The van der Waals surface area contributed by atoms with Crippen molar-refractivity contribution in [2.75, 3.05) is 40.4 Å². The zero-order chi connectivity index (χ0) is 11.4. The number of carbonyl (C=O) groups is 1. The van der Waals surface area contributed by atoms with Crippen LogP contribution in [0.25, 0.3) is 0 Å². The Bertz CT molecular complexity index is 232. The van der Waals surface area contributed by atoms with E-state index >= 15 is 0 Å². The highest BCUT2D eigenvalue weighted by Gasteiger charge is 2.32. The van der Waals surface area contributed by atoms with E-state index in [2.05, 4.69) is 18.9 Å². The van der Waals surface area contributed by atoms with Crippen LogP contribution >= 0.6 is 24.8 Å². The molecule has 1 rings (SSSR count). The lowest BCUT2D eigenvalue weighted by atomic mass is 10.1. The van der Waals surface area contributed by atoms with Gasteiger partial charge in [0.1, 0.15) is 6.04 Å². The van der Waals surface area contributed by atoms with Crippen LogP contribution < -0.4 is 0 Å². The second-order valence-electron chi connectivity index (χ2n) is 4.16. The van der Waals surface area contributed by atoms with Crippen LogP contribution in [0.5, 0.6) is 0 Å². The van der Waals surface area contributed by atoms with E-state index in [0.717, 1.165) is 19.6 Å². The fraction of sp³-hybridized carbons (Fsp3) is 0.900. The molecule has 1 saturated heterocycles. The minimum atomic E-state index is -0.798. The molecule has 0 bridgehead atoms. The number of rotatable bonds is 4. The molecule has 1 aliphatic heterocycles. The zero-order valence-corrected chi connectivity index (χ0v) is 12.1. The smallest absolute Gasteiger partial charge is 0.323 e. The second kappa shape index (κ2) is 8.94. The van der Waals surface area contributed by atoms with Gasteiger partial charge in [-0.25, -0.2) is 0 Å². The van der Waals surface area contributed by atoms with Crippen LogP contribution in [-0.4, -0.2) is 73.4 Å². The third-order valence-corrected chi connectivity index (χ3v) is 2.89. The lowest BCUT2D eigenvalue weighted by Gasteiger charge is -2.41. The summed E-state index contributed by atoms with van der Waals surface area (Å²) in [5.74, 6) is -0.798. The Morgan fingerprint density at radius 3 is 2.47 bits per heavy atom. The van der Waals surface area contributed by atoms with Crippen LogP contribution in [0, 0.1) is 0 Å². The van der Waals surface area contributed by atoms with Gasteiger partial charge in [-0.1, -0.05) is 0 Å². The van der Waals surface area contributed by atoms with E-state index in [1.807, 2.05) is 4.90 Å². The highest BCUT2D eigenvalue weighted by atomic mass is 35.5. The van der Waals surface area contributed by atoms with Crippen LogP contribution in [0.4, 0.5) is 0 Å². The predicted molar refractivity (Wildman–Crippen MR) is 71.5 cm³/mol. The van der Waals surface area contributed by atoms with E-state index in [4.69, 9.17) is 9.84 Å².